The third-order valence-corrected chi connectivity index (χ3v) is 4.95. The standard InChI is InChI=1S/C23H25FN2O2/c1-16-11-13-17(14-12-16)22(27)26-21(15-18-7-5-6-10-20(18)24)23(28)25-19-8-3-2-4-9-19/h5-7,10-15,19H,2-4,8-9H2,1H3,(H,25,28)(H,26,27). The van der Waals surface area contributed by atoms with Crippen LogP contribution >= 0.6 is 0 Å². The molecule has 0 heterocycles. The second-order valence-electron chi connectivity index (χ2n) is 7.21. The molecule has 0 bridgehead atoms. The Morgan fingerprint density at radius 3 is 2.36 bits per heavy atom. The molecule has 4 nitrogen and oxygen atoms in total. The van der Waals surface area contributed by atoms with E-state index in [9.17, 15) is 14.0 Å². The molecule has 1 aliphatic carbocycles. The smallest absolute Gasteiger partial charge is 0.268 e. The van der Waals surface area contributed by atoms with Gasteiger partial charge in [-0.25, -0.2) is 4.39 Å². The van der Waals surface area contributed by atoms with Gasteiger partial charge >= 0.3 is 0 Å². The van der Waals surface area contributed by atoms with E-state index in [4.69, 9.17) is 0 Å². The van der Waals surface area contributed by atoms with Crippen LogP contribution in [-0.4, -0.2) is 17.9 Å². The van der Waals surface area contributed by atoms with E-state index in [0.717, 1.165) is 31.2 Å². The van der Waals surface area contributed by atoms with Crippen molar-refractivity contribution < 1.29 is 14.0 Å². The molecule has 0 unspecified atom stereocenters. The average molecular weight is 380 g/mol. The number of benzene rings is 2. The minimum atomic E-state index is -0.449. The molecule has 2 N–H and O–H groups in total. The van der Waals surface area contributed by atoms with E-state index in [1.807, 2.05) is 19.1 Å². The molecule has 0 spiro atoms. The Hall–Kier alpha value is -2.95. The third kappa shape index (κ3) is 5.28. The van der Waals surface area contributed by atoms with Gasteiger partial charge < -0.3 is 10.6 Å². The fourth-order valence-electron chi connectivity index (χ4n) is 3.32. The third-order valence-electron chi connectivity index (χ3n) is 4.95. The topological polar surface area (TPSA) is 58.2 Å². The summed E-state index contributed by atoms with van der Waals surface area (Å²) in [7, 11) is 0. The second-order valence-corrected chi connectivity index (χ2v) is 7.21. The van der Waals surface area contributed by atoms with Crippen molar-refractivity contribution in [1.29, 1.82) is 0 Å². The fraction of sp³-hybridized carbons (Fsp3) is 0.304. The van der Waals surface area contributed by atoms with Crippen LogP contribution in [0, 0.1) is 12.7 Å². The van der Waals surface area contributed by atoms with Gasteiger partial charge in [-0.1, -0.05) is 55.2 Å². The van der Waals surface area contributed by atoms with E-state index >= 15 is 0 Å². The lowest BCUT2D eigenvalue weighted by Crippen LogP contribution is -2.41. The van der Waals surface area contributed by atoms with Crippen molar-refractivity contribution in [2.24, 2.45) is 0 Å². The van der Waals surface area contributed by atoms with Crippen LogP contribution in [0.3, 0.4) is 0 Å². The molecular weight excluding hydrogens is 355 g/mol. The van der Waals surface area contributed by atoms with Crippen molar-refractivity contribution >= 4 is 17.9 Å². The van der Waals surface area contributed by atoms with Gasteiger partial charge in [-0.3, -0.25) is 9.59 Å². The Morgan fingerprint density at radius 1 is 1.00 bits per heavy atom. The molecule has 5 heteroatoms. The lowest BCUT2D eigenvalue weighted by atomic mass is 9.95. The van der Waals surface area contributed by atoms with Gasteiger partial charge in [0.05, 0.1) is 0 Å². The van der Waals surface area contributed by atoms with Crippen molar-refractivity contribution in [3.63, 3.8) is 0 Å². The normalized spacial score (nSPS) is 15.1. The number of aryl methyl sites for hydroxylation is 1. The predicted octanol–water partition coefficient (Wildman–Crippen LogP) is 4.35. The van der Waals surface area contributed by atoms with Gasteiger partial charge in [-0.05, 0) is 44.0 Å². The van der Waals surface area contributed by atoms with Gasteiger partial charge in [0.2, 0.25) is 0 Å². The van der Waals surface area contributed by atoms with E-state index in [1.54, 1.807) is 30.3 Å². The van der Waals surface area contributed by atoms with Crippen LogP contribution in [0.1, 0.15) is 53.6 Å². The zero-order valence-electron chi connectivity index (χ0n) is 16.0. The molecule has 0 saturated heterocycles. The maximum absolute atomic E-state index is 14.1. The monoisotopic (exact) mass is 380 g/mol. The van der Waals surface area contributed by atoms with Gasteiger partial charge in [0.25, 0.3) is 11.8 Å². The zero-order chi connectivity index (χ0) is 19.9. The molecule has 1 saturated carbocycles. The van der Waals surface area contributed by atoms with Gasteiger partial charge in [-0.2, -0.15) is 0 Å². The van der Waals surface area contributed by atoms with Crippen LogP contribution < -0.4 is 10.6 Å². The highest BCUT2D eigenvalue weighted by Gasteiger charge is 2.20. The molecule has 2 amide bonds. The Balaban J connectivity index is 1.83. The highest BCUT2D eigenvalue weighted by atomic mass is 19.1. The maximum atomic E-state index is 14.1. The Labute approximate surface area is 164 Å². The molecule has 1 fully saturated rings. The van der Waals surface area contributed by atoms with Crippen LogP contribution in [0.4, 0.5) is 4.39 Å². The predicted molar refractivity (Wildman–Crippen MR) is 108 cm³/mol. The second kappa shape index (κ2) is 9.31. The number of rotatable bonds is 5. The van der Waals surface area contributed by atoms with Crippen LogP contribution in [0.15, 0.2) is 54.2 Å². The summed E-state index contributed by atoms with van der Waals surface area (Å²) in [5.41, 5.74) is 1.77. The number of hydrogen-bond acceptors (Lipinski definition) is 2. The summed E-state index contributed by atoms with van der Waals surface area (Å²) >= 11 is 0. The molecule has 1 aliphatic rings. The first-order chi connectivity index (χ1) is 13.5. The Morgan fingerprint density at radius 2 is 1.68 bits per heavy atom. The summed E-state index contributed by atoms with van der Waals surface area (Å²) in [5.74, 6) is -1.24. The van der Waals surface area contributed by atoms with Crippen LogP contribution in [0.25, 0.3) is 6.08 Å². The maximum Gasteiger partial charge on any atom is 0.268 e. The summed E-state index contributed by atoms with van der Waals surface area (Å²) in [6, 6.07) is 13.3. The average Bonchev–Trinajstić information content (AvgIpc) is 2.70. The van der Waals surface area contributed by atoms with Gasteiger partial charge in [-0.15, -0.1) is 0 Å². The SMILES string of the molecule is Cc1ccc(C(=O)NC(=Cc2ccccc2F)C(=O)NC2CCCCC2)cc1. The molecule has 28 heavy (non-hydrogen) atoms. The highest BCUT2D eigenvalue weighted by molar-refractivity contribution is 6.05. The van der Waals surface area contributed by atoms with Crippen molar-refractivity contribution in [2.45, 2.75) is 45.1 Å². The minimum absolute atomic E-state index is 0.0428. The molecular formula is C23H25FN2O2. The lowest BCUT2D eigenvalue weighted by molar-refractivity contribution is -0.118. The van der Waals surface area contributed by atoms with Crippen LogP contribution in [0.2, 0.25) is 0 Å². The van der Waals surface area contributed by atoms with Crippen molar-refractivity contribution in [2.75, 3.05) is 0 Å². The summed E-state index contributed by atoms with van der Waals surface area (Å²) < 4.78 is 14.1. The van der Waals surface area contributed by atoms with Gasteiger partial charge in [0.15, 0.2) is 0 Å². The van der Waals surface area contributed by atoms with Crippen molar-refractivity contribution in [3.05, 3.63) is 76.7 Å². The van der Waals surface area contributed by atoms with E-state index in [2.05, 4.69) is 10.6 Å². The highest BCUT2D eigenvalue weighted by Crippen LogP contribution is 2.18. The minimum Gasteiger partial charge on any atom is -0.348 e. The first-order valence-electron chi connectivity index (χ1n) is 9.68. The first-order valence-corrected chi connectivity index (χ1v) is 9.68. The number of amides is 2. The molecule has 0 atom stereocenters. The summed E-state index contributed by atoms with van der Waals surface area (Å²) in [5, 5.41) is 5.64. The summed E-state index contributed by atoms with van der Waals surface area (Å²) in [4.78, 5) is 25.4. The van der Waals surface area contributed by atoms with E-state index < -0.39 is 17.6 Å². The Kier molecular flexibility index (Phi) is 6.58. The molecule has 3 rings (SSSR count). The number of carbonyl (C=O) groups is 2. The van der Waals surface area contributed by atoms with Crippen LogP contribution in [-0.2, 0) is 4.79 Å². The summed E-state index contributed by atoms with van der Waals surface area (Å²) in [6.07, 6.45) is 6.56. The van der Waals surface area contributed by atoms with Crippen molar-refractivity contribution in [3.8, 4) is 0 Å². The van der Waals surface area contributed by atoms with Gasteiger partial charge in [0.1, 0.15) is 11.5 Å². The molecule has 2 aromatic rings. The summed E-state index contributed by atoms with van der Waals surface area (Å²) in [6.45, 7) is 1.93. The zero-order valence-corrected chi connectivity index (χ0v) is 16.0. The largest absolute Gasteiger partial charge is 0.348 e. The number of carbonyl (C=O) groups excluding carboxylic acids is 2. The Bertz CT molecular complexity index is 868. The molecule has 0 radical (unpaired) electrons. The quantitative estimate of drug-likeness (QED) is 0.758. The first kappa shape index (κ1) is 19.8. The molecule has 0 aliphatic heterocycles. The molecule has 0 aromatic heterocycles. The fourth-order valence-corrected chi connectivity index (χ4v) is 3.32. The molecule has 2 aromatic carbocycles. The lowest BCUT2D eigenvalue weighted by Gasteiger charge is -2.23. The van der Waals surface area contributed by atoms with E-state index in [-0.39, 0.29) is 17.3 Å². The number of hydrogen-bond donors (Lipinski definition) is 2. The van der Waals surface area contributed by atoms with Gasteiger partial charge in [0, 0.05) is 17.2 Å². The van der Waals surface area contributed by atoms with Crippen LogP contribution in [0.5, 0.6) is 0 Å². The number of halogens is 1. The van der Waals surface area contributed by atoms with E-state index in [0.29, 0.717) is 5.56 Å². The van der Waals surface area contributed by atoms with E-state index in [1.165, 1.54) is 18.6 Å². The van der Waals surface area contributed by atoms with Crippen molar-refractivity contribution in [1.82, 2.24) is 10.6 Å². The molecule has 146 valence electrons. The number of nitrogens with one attached hydrogen (secondary N) is 2.